The average molecular weight is 419 g/mol. The molecule has 0 saturated heterocycles. The minimum Gasteiger partial charge on any atom is -0.345 e. The van der Waals surface area contributed by atoms with E-state index in [0.717, 1.165) is 47.7 Å². The van der Waals surface area contributed by atoms with Crippen LogP contribution in [0.5, 0.6) is 0 Å². The van der Waals surface area contributed by atoms with Gasteiger partial charge in [-0.2, -0.15) is 16.9 Å². The fourth-order valence-electron chi connectivity index (χ4n) is 3.87. The van der Waals surface area contributed by atoms with E-state index in [1.54, 1.807) is 28.6 Å². The molecular weight excluding hydrogens is 396 g/mol. The zero-order chi connectivity index (χ0) is 19.7. The number of fused-ring (bicyclic) bond motifs is 1. The highest BCUT2D eigenvalue weighted by molar-refractivity contribution is 7.98. The van der Waals surface area contributed by atoms with Crippen molar-refractivity contribution in [1.29, 1.82) is 0 Å². The van der Waals surface area contributed by atoms with Crippen LogP contribution in [0.25, 0.3) is 5.69 Å². The minimum absolute atomic E-state index is 0.0612. The summed E-state index contributed by atoms with van der Waals surface area (Å²) in [5, 5.41) is 10.9. The largest absolute Gasteiger partial charge is 0.345 e. The molecule has 1 saturated carbocycles. The van der Waals surface area contributed by atoms with Gasteiger partial charge in [0.25, 0.3) is 0 Å². The van der Waals surface area contributed by atoms with E-state index in [2.05, 4.69) is 22.7 Å². The van der Waals surface area contributed by atoms with Gasteiger partial charge in [-0.05, 0) is 37.0 Å². The molecule has 28 heavy (non-hydrogen) atoms. The lowest BCUT2D eigenvalue weighted by Crippen LogP contribution is -2.46. The number of halogens is 1. The molecule has 2 aromatic rings. The molecule has 0 radical (unpaired) electrons. The van der Waals surface area contributed by atoms with Gasteiger partial charge in [-0.3, -0.25) is 9.59 Å². The maximum atomic E-state index is 12.6. The summed E-state index contributed by atoms with van der Waals surface area (Å²) in [5.41, 5.74) is 2.65. The van der Waals surface area contributed by atoms with Crippen molar-refractivity contribution in [1.82, 2.24) is 15.1 Å². The molecule has 4 rings (SSSR count). The second-order valence-corrected chi connectivity index (χ2v) is 8.88. The van der Waals surface area contributed by atoms with Gasteiger partial charge in [-0.1, -0.05) is 37.4 Å². The van der Waals surface area contributed by atoms with Gasteiger partial charge >= 0.3 is 11.8 Å². The molecule has 1 aliphatic carbocycles. The molecular formula is C20H23ClN4O2S. The van der Waals surface area contributed by atoms with Crippen molar-refractivity contribution in [2.45, 2.75) is 50.2 Å². The van der Waals surface area contributed by atoms with Crippen LogP contribution in [0.15, 0.2) is 24.3 Å². The fourth-order valence-corrected chi connectivity index (χ4v) is 5.08. The number of nitrogens with one attached hydrogen (secondary N) is 2. The van der Waals surface area contributed by atoms with Gasteiger partial charge in [0.15, 0.2) is 0 Å². The average Bonchev–Trinajstić information content (AvgIpc) is 3.26. The van der Waals surface area contributed by atoms with Crippen molar-refractivity contribution in [2.75, 3.05) is 5.32 Å². The monoisotopic (exact) mass is 418 g/mol. The Kier molecular flexibility index (Phi) is 5.64. The normalized spacial score (nSPS) is 21.2. The van der Waals surface area contributed by atoms with Crippen molar-refractivity contribution in [3.63, 3.8) is 0 Å². The number of thioether (sulfide) groups is 1. The lowest BCUT2D eigenvalue weighted by Gasteiger charge is -2.29. The summed E-state index contributed by atoms with van der Waals surface area (Å²) < 4.78 is 1.67. The standard InChI is InChI=1S/C20H23ClN4O2S/c1-12-5-2-3-8-16(12)22-19(26)20(27)23-18-15-10-28-11-17(15)24-25(18)14-7-4-6-13(21)9-14/h4,6-7,9,12,16H,2-3,5,8,10-11H2,1H3,(H,22,26)(H,23,27)/t12-,16-/m1/s1. The highest BCUT2D eigenvalue weighted by Crippen LogP contribution is 2.36. The molecule has 0 bridgehead atoms. The number of carbonyl (C=O) groups excluding carboxylic acids is 2. The number of hydrogen-bond donors (Lipinski definition) is 2. The van der Waals surface area contributed by atoms with Crippen LogP contribution in [0.3, 0.4) is 0 Å². The van der Waals surface area contributed by atoms with Gasteiger partial charge in [0, 0.05) is 28.1 Å². The molecule has 2 heterocycles. The van der Waals surface area contributed by atoms with Gasteiger partial charge in [-0.25, -0.2) is 4.68 Å². The minimum atomic E-state index is -0.652. The molecule has 0 spiro atoms. The third-order valence-corrected chi connectivity index (χ3v) is 6.68. The molecule has 2 aliphatic rings. The van der Waals surface area contributed by atoms with Crippen LogP contribution in [0.1, 0.15) is 43.9 Å². The summed E-state index contributed by atoms with van der Waals surface area (Å²) in [5.74, 6) is 1.25. The zero-order valence-corrected chi connectivity index (χ0v) is 17.3. The quantitative estimate of drug-likeness (QED) is 0.741. The van der Waals surface area contributed by atoms with Crippen LogP contribution in [0, 0.1) is 5.92 Å². The summed E-state index contributed by atoms with van der Waals surface area (Å²) in [6.07, 6.45) is 4.27. The summed E-state index contributed by atoms with van der Waals surface area (Å²) >= 11 is 7.86. The second kappa shape index (κ2) is 8.17. The van der Waals surface area contributed by atoms with Crippen molar-refractivity contribution in [3.8, 4) is 5.69 Å². The Balaban J connectivity index is 1.55. The molecule has 148 valence electrons. The molecule has 1 aromatic heterocycles. The number of nitrogens with zero attached hydrogens (tertiary/aromatic N) is 2. The van der Waals surface area contributed by atoms with E-state index in [0.29, 0.717) is 16.8 Å². The Bertz CT molecular complexity index is 914. The summed E-state index contributed by atoms with van der Waals surface area (Å²) in [6.45, 7) is 2.13. The number of benzene rings is 1. The Morgan fingerprint density at radius 1 is 1.21 bits per heavy atom. The Hall–Kier alpha value is -1.99. The summed E-state index contributed by atoms with van der Waals surface area (Å²) in [4.78, 5) is 25.1. The van der Waals surface area contributed by atoms with Crippen LogP contribution in [-0.4, -0.2) is 27.6 Å². The third-order valence-electron chi connectivity index (χ3n) is 5.47. The highest BCUT2D eigenvalue weighted by Gasteiger charge is 2.29. The predicted octanol–water partition coefficient (Wildman–Crippen LogP) is 3.91. The van der Waals surface area contributed by atoms with E-state index in [1.165, 1.54) is 6.42 Å². The topological polar surface area (TPSA) is 76.0 Å². The van der Waals surface area contributed by atoms with Crippen molar-refractivity contribution < 1.29 is 9.59 Å². The SMILES string of the molecule is C[C@@H]1CCCC[C@H]1NC(=O)C(=O)Nc1c2c(nn1-c1cccc(Cl)c1)CSC2. The molecule has 2 atom stereocenters. The maximum absolute atomic E-state index is 12.6. The van der Waals surface area contributed by atoms with Crippen LogP contribution < -0.4 is 10.6 Å². The molecule has 8 heteroatoms. The van der Waals surface area contributed by atoms with Gasteiger partial charge in [0.05, 0.1) is 11.4 Å². The van der Waals surface area contributed by atoms with E-state index >= 15 is 0 Å². The first-order chi connectivity index (χ1) is 13.5. The number of hydrogen-bond acceptors (Lipinski definition) is 4. The molecule has 1 fully saturated rings. The second-order valence-electron chi connectivity index (χ2n) is 7.45. The van der Waals surface area contributed by atoms with Gasteiger partial charge in [0.1, 0.15) is 5.82 Å². The molecule has 2 N–H and O–H groups in total. The molecule has 1 aliphatic heterocycles. The van der Waals surface area contributed by atoms with Gasteiger partial charge in [0.2, 0.25) is 0 Å². The van der Waals surface area contributed by atoms with Crippen LogP contribution >= 0.6 is 23.4 Å². The van der Waals surface area contributed by atoms with Crippen LogP contribution in [0.4, 0.5) is 5.82 Å². The first-order valence-electron chi connectivity index (χ1n) is 9.59. The van der Waals surface area contributed by atoms with E-state index in [4.69, 9.17) is 11.6 Å². The van der Waals surface area contributed by atoms with Crippen molar-refractivity contribution in [2.24, 2.45) is 5.92 Å². The Morgan fingerprint density at radius 3 is 2.82 bits per heavy atom. The van der Waals surface area contributed by atoms with E-state index in [9.17, 15) is 9.59 Å². The smallest absolute Gasteiger partial charge is 0.314 e. The molecule has 2 amide bonds. The van der Waals surface area contributed by atoms with Crippen LogP contribution in [-0.2, 0) is 21.1 Å². The summed E-state index contributed by atoms with van der Waals surface area (Å²) in [7, 11) is 0. The van der Waals surface area contributed by atoms with Crippen molar-refractivity contribution >= 4 is 41.0 Å². The summed E-state index contributed by atoms with van der Waals surface area (Å²) in [6, 6.07) is 7.35. The zero-order valence-electron chi connectivity index (χ0n) is 15.7. The number of amides is 2. The Labute approximate surface area is 173 Å². The predicted molar refractivity (Wildman–Crippen MR) is 112 cm³/mol. The number of rotatable bonds is 3. The first-order valence-corrected chi connectivity index (χ1v) is 11.1. The first kappa shape index (κ1) is 19.3. The number of carbonyl (C=O) groups is 2. The molecule has 6 nitrogen and oxygen atoms in total. The van der Waals surface area contributed by atoms with Crippen LogP contribution in [0.2, 0.25) is 5.02 Å². The lowest BCUT2D eigenvalue weighted by molar-refractivity contribution is -0.137. The van der Waals surface area contributed by atoms with E-state index in [-0.39, 0.29) is 6.04 Å². The van der Waals surface area contributed by atoms with Crippen molar-refractivity contribution in [3.05, 3.63) is 40.5 Å². The lowest BCUT2D eigenvalue weighted by atomic mass is 9.86. The van der Waals surface area contributed by atoms with E-state index < -0.39 is 11.8 Å². The fraction of sp³-hybridized carbons (Fsp3) is 0.450. The number of anilines is 1. The molecule has 1 aromatic carbocycles. The number of aromatic nitrogens is 2. The van der Waals surface area contributed by atoms with Gasteiger partial charge < -0.3 is 10.6 Å². The highest BCUT2D eigenvalue weighted by atomic mass is 35.5. The molecule has 0 unspecified atom stereocenters. The Morgan fingerprint density at radius 2 is 2.04 bits per heavy atom. The third kappa shape index (κ3) is 3.91. The van der Waals surface area contributed by atoms with E-state index in [1.807, 2.05) is 12.1 Å². The van der Waals surface area contributed by atoms with Gasteiger partial charge in [-0.15, -0.1) is 0 Å². The maximum Gasteiger partial charge on any atom is 0.314 e.